The fourth-order valence-corrected chi connectivity index (χ4v) is 7.41. The van der Waals surface area contributed by atoms with Gasteiger partial charge in [0.2, 0.25) is 5.91 Å². The van der Waals surface area contributed by atoms with Gasteiger partial charge in [-0.3, -0.25) is 9.59 Å². The highest BCUT2D eigenvalue weighted by Crippen LogP contribution is 2.33. The highest BCUT2D eigenvalue weighted by Gasteiger charge is 2.13. The summed E-state index contributed by atoms with van der Waals surface area (Å²) >= 11 is 2.88. The number of hydrogen-bond donors (Lipinski definition) is 2. The monoisotopic (exact) mass is 665 g/mol. The van der Waals surface area contributed by atoms with E-state index >= 15 is 0 Å². The van der Waals surface area contributed by atoms with Crippen LogP contribution in [0.4, 0.5) is 11.4 Å². The second kappa shape index (κ2) is 16.0. The third-order valence-electron chi connectivity index (χ3n) is 8.00. The number of amides is 2. The van der Waals surface area contributed by atoms with Gasteiger partial charge in [-0.2, -0.15) is 0 Å². The molecule has 4 aromatic carbocycles. The first-order chi connectivity index (χ1) is 23.1. The predicted molar refractivity (Wildman–Crippen MR) is 195 cm³/mol. The normalized spacial score (nSPS) is 11.3. The van der Waals surface area contributed by atoms with Gasteiger partial charge in [-0.1, -0.05) is 81.8 Å². The van der Waals surface area contributed by atoms with Crippen LogP contribution >= 0.6 is 23.1 Å². The highest BCUT2D eigenvalue weighted by molar-refractivity contribution is 8.01. The summed E-state index contributed by atoms with van der Waals surface area (Å²) in [5, 5.41) is 8.01. The van der Waals surface area contributed by atoms with Crippen molar-refractivity contribution >= 4 is 78.4 Å². The molecule has 6 aromatic rings. The number of aromatic nitrogens is 1. The van der Waals surface area contributed by atoms with Crippen molar-refractivity contribution in [3.8, 4) is 5.75 Å². The Kier molecular flexibility index (Phi) is 11.1. The zero-order valence-electron chi connectivity index (χ0n) is 26.6. The Morgan fingerprint density at radius 1 is 0.787 bits per heavy atom. The number of ether oxygens (including phenoxy) is 1. The largest absolute Gasteiger partial charge is 0.494 e. The Morgan fingerprint density at radius 3 is 2.34 bits per heavy atom. The van der Waals surface area contributed by atoms with E-state index in [1.807, 2.05) is 72.8 Å². The second-order valence-corrected chi connectivity index (χ2v) is 13.9. The lowest BCUT2D eigenvalue weighted by molar-refractivity contribution is -0.113. The molecule has 0 bridgehead atoms. The Bertz CT molecular complexity index is 1970. The van der Waals surface area contributed by atoms with E-state index in [2.05, 4.69) is 22.5 Å². The summed E-state index contributed by atoms with van der Waals surface area (Å²) in [6, 6.07) is 26.5. The first-order valence-electron chi connectivity index (χ1n) is 16.3. The lowest BCUT2D eigenvalue weighted by Crippen LogP contribution is -2.13. The number of benzene rings is 4. The van der Waals surface area contributed by atoms with Crippen molar-refractivity contribution in [2.24, 2.45) is 0 Å². The number of nitrogens with zero attached hydrogens (tertiary/aromatic N) is 1. The van der Waals surface area contributed by atoms with Crippen LogP contribution in [0, 0.1) is 0 Å². The smallest absolute Gasteiger partial charge is 0.255 e. The fraction of sp³-hybridized carbons (Fsp3) is 0.289. The summed E-state index contributed by atoms with van der Waals surface area (Å²) in [6.07, 6.45) is 10.1. The first-order valence-corrected chi connectivity index (χ1v) is 18.1. The summed E-state index contributed by atoms with van der Waals surface area (Å²) in [7, 11) is 0. The molecule has 0 unspecified atom stereocenters. The Balaban J connectivity index is 0.955. The van der Waals surface area contributed by atoms with Gasteiger partial charge in [0.15, 0.2) is 4.34 Å². The molecule has 0 atom stereocenters. The molecule has 0 aliphatic rings. The second-order valence-electron chi connectivity index (χ2n) is 11.6. The van der Waals surface area contributed by atoms with Crippen molar-refractivity contribution < 1.29 is 18.7 Å². The minimum Gasteiger partial charge on any atom is -0.494 e. The van der Waals surface area contributed by atoms with Crippen molar-refractivity contribution in [1.29, 1.82) is 0 Å². The zero-order chi connectivity index (χ0) is 32.4. The maximum absolute atomic E-state index is 12.9. The molecule has 7 nitrogen and oxygen atoms in total. The number of para-hydroxylation sites is 1. The SMILES string of the molecule is CCCCCCCCCCOc1ccc(C(=O)Nc2ccc3nc(SCC(=O)Nc4ccc5c(c4)oc4ccccc45)sc3c2)cc1. The molecule has 6 rings (SSSR count). The number of thioether (sulfide) groups is 1. The van der Waals surface area contributed by atoms with Gasteiger partial charge in [0, 0.05) is 33.8 Å². The molecular weight excluding hydrogens is 627 g/mol. The van der Waals surface area contributed by atoms with E-state index < -0.39 is 0 Å². The summed E-state index contributed by atoms with van der Waals surface area (Å²) in [4.78, 5) is 30.3. The van der Waals surface area contributed by atoms with Crippen LogP contribution in [-0.4, -0.2) is 29.2 Å². The first kappa shape index (κ1) is 32.6. The molecule has 0 spiro atoms. The number of carbonyl (C=O) groups is 2. The van der Waals surface area contributed by atoms with Crippen molar-refractivity contribution in [2.75, 3.05) is 23.0 Å². The Morgan fingerprint density at radius 2 is 1.51 bits per heavy atom. The number of nitrogens with one attached hydrogen (secondary N) is 2. The number of fused-ring (bicyclic) bond motifs is 4. The summed E-state index contributed by atoms with van der Waals surface area (Å²) in [5.74, 6) is 0.694. The average Bonchev–Trinajstić information content (AvgIpc) is 3.67. The molecule has 2 heterocycles. The summed E-state index contributed by atoms with van der Waals surface area (Å²) < 4.78 is 13.5. The fourth-order valence-electron chi connectivity index (χ4n) is 5.50. The molecule has 0 aliphatic carbocycles. The molecule has 0 aliphatic heterocycles. The number of rotatable bonds is 16. The maximum Gasteiger partial charge on any atom is 0.255 e. The van der Waals surface area contributed by atoms with Crippen LogP contribution in [0.3, 0.4) is 0 Å². The number of hydrogen-bond acceptors (Lipinski definition) is 7. The Hall–Kier alpha value is -4.34. The van der Waals surface area contributed by atoms with Gasteiger partial charge in [0.05, 0.1) is 22.6 Å². The highest BCUT2D eigenvalue weighted by atomic mass is 32.2. The van der Waals surface area contributed by atoms with Crippen LogP contribution in [0.2, 0.25) is 0 Å². The van der Waals surface area contributed by atoms with E-state index in [0.29, 0.717) is 23.5 Å². The van der Waals surface area contributed by atoms with Gasteiger partial charge in [0.1, 0.15) is 16.9 Å². The molecule has 2 N–H and O–H groups in total. The number of unbranched alkanes of at least 4 members (excludes halogenated alkanes) is 7. The number of thiazole rings is 1. The van der Waals surface area contributed by atoms with E-state index in [4.69, 9.17) is 9.15 Å². The third kappa shape index (κ3) is 8.73. The zero-order valence-corrected chi connectivity index (χ0v) is 28.2. The van der Waals surface area contributed by atoms with Gasteiger partial charge in [0.25, 0.3) is 5.91 Å². The van der Waals surface area contributed by atoms with Gasteiger partial charge >= 0.3 is 0 Å². The third-order valence-corrected chi connectivity index (χ3v) is 10.2. The van der Waals surface area contributed by atoms with E-state index in [0.717, 1.165) is 48.7 Å². The lowest BCUT2D eigenvalue weighted by Gasteiger charge is -2.08. The molecule has 2 amide bonds. The van der Waals surface area contributed by atoms with Crippen LogP contribution in [0.25, 0.3) is 32.2 Å². The molecular formula is C38H39N3O4S2. The van der Waals surface area contributed by atoms with Crippen LogP contribution < -0.4 is 15.4 Å². The minimum atomic E-state index is -0.185. The maximum atomic E-state index is 12.9. The van der Waals surface area contributed by atoms with Crippen molar-refractivity contribution in [3.05, 3.63) is 90.5 Å². The number of carbonyl (C=O) groups excluding carboxylic acids is 2. The van der Waals surface area contributed by atoms with E-state index in [1.165, 1.54) is 68.0 Å². The minimum absolute atomic E-state index is 0.123. The molecule has 47 heavy (non-hydrogen) atoms. The van der Waals surface area contributed by atoms with E-state index in [-0.39, 0.29) is 17.6 Å². The molecule has 0 saturated carbocycles. The van der Waals surface area contributed by atoms with Crippen LogP contribution in [0.15, 0.2) is 93.7 Å². The summed E-state index contributed by atoms with van der Waals surface area (Å²) in [5.41, 5.74) is 4.33. The molecule has 0 fully saturated rings. The van der Waals surface area contributed by atoms with Gasteiger partial charge in [-0.25, -0.2) is 4.98 Å². The van der Waals surface area contributed by atoms with Crippen LogP contribution in [-0.2, 0) is 4.79 Å². The van der Waals surface area contributed by atoms with Gasteiger partial charge in [-0.05, 0) is 67.1 Å². The Labute approximate surface area is 283 Å². The van der Waals surface area contributed by atoms with Gasteiger partial charge < -0.3 is 19.8 Å². The molecule has 9 heteroatoms. The van der Waals surface area contributed by atoms with Crippen molar-refractivity contribution in [3.63, 3.8) is 0 Å². The van der Waals surface area contributed by atoms with E-state index in [1.54, 1.807) is 12.1 Å². The molecule has 0 saturated heterocycles. The number of furan rings is 1. The quantitative estimate of drug-likeness (QED) is 0.0789. The lowest BCUT2D eigenvalue weighted by atomic mass is 10.1. The summed E-state index contributed by atoms with van der Waals surface area (Å²) in [6.45, 7) is 2.94. The van der Waals surface area contributed by atoms with Gasteiger partial charge in [-0.15, -0.1) is 11.3 Å². The van der Waals surface area contributed by atoms with Crippen molar-refractivity contribution in [2.45, 2.75) is 62.6 Å². The van der Waals surface area contributed by atoms with Crippen LogP contribution in [0.5, 0.6) is 5.75 Å². The standard InChI is InChI=1S/C38H39N3O4S2/c1-2-3-4-5-6-7-8-11-22-44-29-18-14-26(15-19-29)37(43)40-28-17-21-32-35(24-28)47-38(41-32)46-25-36(42)39-27-16-20-31-30-12-9-10-13-33(30)45-34(31)23-27/h9-10,12-21,23-24H,2-8,11,22,25H2,1H3,(H,39,42)(H,40,43). The predicted octanol–water partition coefficient (Wildman–Crippen LogP) is 10.7. The number of anilines is 2. The molecule has 0 radical (unpaired) electrons. The molecule has 2 aromatic heterocycles. The van der Waals surface area contributed by atoms with Crippen molar-refractivity contribution in [1.82, 2.24) is 4.98 Å². The van der Waals surface area contributed by atoms with E-state index in [9.17, 15) is 9.59 Å². The van der Waals surface area contributed by atoms with Crippen LogP contribution in [0.1, 0.15) is 68.6 Å². The average molecular weight is 666 g/mol. The molecule has 242 valence electrons. The topological polar surface area (TPSA) is 93.5 Å².